The van der Waals surface area contributed by atoms with E-state index in [1.54, 1.807) is 30.1 Å². The molecule has 3 rings (SSSR count). The molecule has 1 unspecified atom stereocenters. The molecule has 3 aromatic rings. The summed E-state index contributed by atoms with van der Waals surface area (Å²) in [4.78, 5) is 37.0. The third-order valence-electron chi connectivity index (χ3n) is 5.07. The van der Waals surface area contributed by atoms with Crippen LogP contribution >= 0.6 is 0 Å². The number of hydrogen-bond acceptors (Lipinski definition) is 6. The molecule has 168 valence electrons. The van der Waals surface area contributed by atoms with E-state index in [9.17, 15) is 19.7 Å². The van der Waals surface area contributed by atoms with Gasteiger partial charge in [-0.25, -0.2) is 9.48 Å². The van der Waals surface area contributed by atoms with Crippen LogP contribution in [0.4, 0.5) is 5.69 Å². The van der Waals surface area contributed by atoms with Gasteiger partial charge < -0.3 is 4.74 Å². The molecule has 1 atom stereocenters. The number of benzene rings is 1. The van der Waals surface area contributed by atoms with Gasteiger partial charge in [-0.15, -0.1) is 0 Å². The predicted molar refractivity (Wildman–Crippen MR) is 121 cm³/mol. The number of rotatable bonds is 9. The maximum atomic E-state index is 13.1. The first kappa shape index (κ1) is 22.9. The molecular weight excluding hydrogens is 414 g/mol. The molecule has 2 aromatic heterocycles. The summed E-state index contributed by atoms with van der Waals surface area (Å²) in [5.41, 5.74) is -0.879. The van der Waals surface area contributed by atoms with Crippen LogP contribution in [0, 0.1) is 10.1 Å². The maximum absolute atomic E-state index is 13.1. The summed E-state index contributed by atoms with van der Waals surface area (Å²) in [5, 5.41) is 16.1. The van der Waals surface area contributed by atoms with E-state index in [0.29, 0.717) is 12.0 Å². The van der Waals surface area contributed by atoms with Crippen LogP contribution in [0.5, 0.6) is 0 Å². The summed E-state index contributed by atoms with van der Waals surface area (Å²) in [6.07, 6.45) is 6.73. The van der Waals surface area contributed by atoms with Gasteiger partial charge in [0.05, 0.1) is 16.8 Å². The van der Waals surface area contributed by atoms with Crippen LogP contribution in [0.15, 0.2) is 52.3 Å². The molecule has 0 fully saturated rings. The Morgan fingerprint density at radius 3 is 2.56 bits per heavy atom. The molecule has 10 nitrogen and oxygen atoms in total. The lowest BCUT2D eigenvalue weighted by Crippen LogP contribution is -2.43. The van der Waals surface area contributed by atoms with Gasteiger partial charge in [-0.3, -0.25) is 24.0 Å². The minimum Gasteiger partial charge on any atom is -0.361 e. The number of para-hydroxylation sites is 1. The Hall–Kier alpha value is -3.79. The monoisotopic (exact) mass is 439 g/mol. The molecule has 0 amide bonds. The van der Waals surface area contributed by atoms with E-state index in [2.05, 4.69) is 5.10 Å². The van der Waals surface area contributed by atoms with Crippen molar-refractivity contribution in [2.45, 2.75) is 39.5 Å². The molecule has 32 heavy (non-hydrogen) atoms. The Morgan fingerprint density at radius 2 is 1.94 bits per heavy atom. The predicted octanol–water partition coefficient (Wildman–Crippen LogP) is 3.24. The molecule has 0 aliphatic rings. The highest BCUT2D eigenvalue weighted by Gasteiger charge is 2.28. The van der Waals surface area contributed by atoms with Crippen molar-refractivity contribution in [3.63, 3.8) is 0 Å². The lowest BCUT2D eigenvalue weighted by atomic mass is 10.2. The van der Waals surface area contributed by atoms with E-state index >= 15 is 0 Å². The Bertz CT molecular complexity index is 1240. The van der Waals surface area contributed by atoms with Crippen LogP contribution in [0.25, 0.3) is 17.8 Å². The van der Waals surface area contributed by atoms with Gasteiger partial charge in [0.2, 0.25) is 0 Å². The van der Waals surface area contributed by atoms with Gasteiger partial charge in [-0.1, -0.05) is 31.5 Å². The lowest BCUT2D eigenvalue weighted by molar-refractivity contribution is -0.387. The first-order chi connectivity index (χ1) is 15.4. The highest BCUT2D eigenvalue weighted by Crippen LogP contribution is 2.20. The average molecular weight is 439 g/mol. The quantitative estimate of drug-likeness (QED) is 0.373. The summed E-state index contributed by atoms with van der Waals surface area (Å²) < 4.78 is 8.97. The van der Waals surface area contributed by atoms with Crippen molar-refractivity contribution in [1.29, 1.82) is 0 Å². The standard InChI is InChI=1S/C22H25N5O5/c1-4-5-13-24-21(28)20(27(30)31)19(26(22(24)29)16(2)32-3)12-11-17-14-23-25(15-17)18-9-7-6-8-10-18/h6-12,14-16H,4-5,13H2,1-3H3/b12-11+. The largest absolute Gasteiger partial charge is 0.361 e. The molecule has 0 bridgehead atoms. The van der Waals surface area contributed by atoms with Crippen molar-refractivity contribution in [2.24, 2.45) is 0 Å². The van der Waals surface area contributed by atoms with Gasteiger partial charge in [-0.2, -0.15) is 5.10 Å². The Balaban J connectivity index is 2.14. The van der Waals surface area contributed by atoms with Gasteiger partial charge in [-0.05, 0) is 37.6 Å². The number of methoxy groups -OCH3 is 1. The minimum atomic E-state index is -0.923. The van der Waals surface area contributed by atoms with Gasteiger partial charge >= 0.3 is 16.9 Å². The molecule has 0 radical (unpaired) electrons. The highest BCUT2D eigenvalue weighted by molar-refractivity contribution is 5.71. The number of ether oxygens (including phenoxy) is 1. The smallest absolute Gasteiger partial charge is 0.357 e. The number of hydrogen-bond donors (Lipinski definition) is 0. The van der Waals surface area contributed by atoms with Crippen LogP contribution in [-0.2, 0) is 11.3 Å². The van der Waals surface area contributed by atoms with E-state index < -0.39 is 28.1 Å². The second-order valence-corrected chi connectivity index (χ2v) is 7.18. The molecule has 0 aliphatic heterocycles. The molecule has 0 N–H and O–H groups in total. The zero-order chi connectivity index (χ0) is 23.3. The number of nitrogens with zero attached hydrogens (tertiary/aromatic N) is 5. The van der Waals surface area contributed by atoms with Crippen molar-refractivity contribution >= 4 is 17.8 Å². The van der Waals surface area contributed by atoms with Crippen molar-refractivity contribution in [1.82, 2.24) is 18.9 Å². The molecule has 10 heteroatoms. The van der Waals surface area contributed by atoms with Crippen molar-refractivity contribution in [3.05, 3.63) is 84.9 Å². The van der Waals surface area contributed by atoms with Crippen molar-refractivity contribution in [3.8, 4) is 5.69 Å². The molecule has 0 saturated carbocycles. The summed E-state index contributed by atoms with van der Waals surface area (Å²) in [6.45, 7) is 3.59. The highest BCUT2D eigenvalue weighted by atomic mass is 16.6. The molecular formula is C22H25N5O5. The molecule has 0 saturated heterocycles. The Kier molecular flexibility index (Phi) is 7.16. The fourth-order valence-corrected chi connectivity index (χ4v) is 3.29. The van der Waals surface area contributed by atoms with Crippen molar-refractivity contribution < 1.29 is 9.66 Å². The number of aromatic nitrogens is 4. The van der Waals surface area contributed by atoms with E-state index in [4.69, 9.17) is 4.74 Å². The zero-order valence-corrected chi connectivity index (χ0v) is 18.2. The molecule has 0 aliphatic carbocycles. The third-order valence-corrected chi connectivity index (χ3v) is 5.07. The van der Waals surface area contributed by atoms with Crippen LogP contribution in [0.3, 0.4) is 0 Å². The minimum absolute atomic E-state index is 0.0965. The fourth-order valence-electron chi connectivity index (χ4n) is 3.29. The summed E-state index contributed by atoms with van der Waals surface area (Å²) in [5.74, 6) is 0. The average Bonchev–Trinajstić information content (AvgIpc) is 3.26. The van der Waals surface area contributed by atoms with Gasteiger partial charge in [0.1, 0.15) is 11.9 Å². The van der Waals surface area contributed by atoms with Crippen LogP contribution < -0.4 is 11.2 Å². The first-order valence-electron chi connectivity index (χ1n) is 10.2. The fraction of sp³-hybridized carbons (Fsp3) is 0.318. The van der Waals surface area contributed by atoms with Crippen LogP contribution in [-0.4, -0.2) is 30.9 Å². The van der Waals surface area contributed by atoms with Crippen molar-refractivity contribution in [2.75, 3.05) is 7.11 Å². The zero-order valence-electron chi connectivity index (χ0n) is 18.2. The normalized spacial score (nSPS) is 12.3. The SMILES string of the molecule is CCCCn1c(=O)c([N+](=O)[O-])c(/C=C/c2cnn(-c3ccccc3)c2)n(C(C)OC)c1=O. The van der Waals surface area contributed by atoms with E-state index in [1.165, 1.54) is 13.2 Å². The van der Waals surface area contributed by atoms with Crippen LogP contribution in [0.2, 0.25) is 0 Å². The Morgan fingerprint density at radius 1 is 1.22 bits per heavy atom. The second kappa shape index (κ2) is 10.0. The summed E-state index contributed by atoms with van der Waals surface area (Å²) in [6, 6.07) is 9.44. The molecule has 1 aromatic carbocycles. The van der Waals surface area contributed by atoms with E-state index in [0.717, 1.165) is 21.2 Å². The number of nitro groups is 1. The van der Waals surface area contributed by atoms with Gasteiger partial charge in [0, 0.05) is 25.4 Å². The second-order valence-electron chi connectivity index (χ2n) is 7.18. The molecule has 2 heterocycles. The summed E-state index contributed by atoms with van der Waals surface area (Å²) >= 11 is 0. The van der Waals surface area contributed by atoms with Crippen LogP contribution in [0.1, 0.15) is 44.2 Å². The maximum Gasteiger partial charge on any atom is 0.357 e. The van der Waals surface area contributed by atoms with Gasteiger partial charge in [0.15, 0.2) is 0 Å². The Labute approximate surface area is 184 Å². The third kappa shape index (κ3) is 4.59. The number of unbranched alkanes of at least 4 members (excludes halogenated alkanes) is 1. The first-order valence-corrected chi connectivity index (χ1v) is 10.2. The van der Waals surface area contributed by atoms with E-state index in [-0.39, 0.29) is 12.2 Å². The lowest BCUT2D eigenvalue weighted by Gasteiger charge is -2.18. The topological polar surface area (TPSA) is 114 Å². The van der Waals surface area contributed by atoms with Gasteiger partial charge in [0.25, 0.3) is 0 Å². The summed E-state index contributed by atoms with van der Waals surface area (Å²) in [7, 11) is 1.39. The van der Waals surface area contributed by atoms with E-state index in [1.807, 2.05) is 37.3 Å². The molecule has 0 spiro atoms.